The second-order valence-electron chi connectivity index (χ2n) is 4.91. The fraction of sp³-hybridized carbons (Fsp3) is 0.312. The van der Waals surface area contributed by atoms with E-state index in [1.54, 1.807) is 0 Å². The number of fused-ring (bicyclic) bond motifs is 1. The summed E-state index contributed by atoms with van der Waals surface area (Å²) >= 11 is 0. The maximum Gasteiger partial charge on any atom is 0.125 e. The third-order valence-corrected chi connectivity index (χ3v) is 3.30. The van der Waals surface area contributed by atoms with E-state index in [-0.39, 0.29) is 0 Å². The van der Waals surface area contributed by atoms with Gasteiger partial charge in [0.1, 0.15) is 11.5 Å². The molecule has 0 aliphatic rings. The number of furan rings is 1. The first-order valence-corrected chi connectivity index (χ1v) is 7.05. The molecule has 2 heterocycles. The summed E-state index contributed by atoms with van der Waals surface area (Å²) in [5.74, 6) is 1.91. The van der Waals surface area contributed by atoms with E-state index in [9.17, 15) is 0 Å². The molecule has 0 spiro atoms. The monoisotopic (exact) mass is 269 g/mol. The minimum Gasteiger partial charge on any atom is -0.463 e. The highest BCUT2D eigenvalue weighted by molar-refractivity contribution is 5.78. The molecule has 104 valence electrons. The Labute approximate surface area is 118 Å². The molecule has 0 fully saturated rings. The summed E-state index contributed by atoms with van der Waals surface area (Å²) in [5, 5.41) is 8.91. The van der Waals surface area contributed by atoms with E-state index in [0.717, 1.165) is 41.9 Å². The topological polar surface area (TPSA) is 43.0 Å². The van der Waals surface area contributed by atoms with Gasteiger partial charge in [0.25, 0.3) is 0 Å². The highest BCUT2D eigenvalue weighted by Crippen LogP contribution is 2.15. The molecule has 3 rings (SSSR count). The predicted molar refractivity (Wildman–Crippen MR) is 79.5 cm³/mol. The van der Waals surface area contributed by atoms with Crippen molar-refractivity contribution < 1.29 is 4.42 Å². The summed E-state index contributed by atoms with van der Waals surface area (Å²) in [4.78, 5) is 0. The zero-order valence-corrected chi connectivity index (χ0v) is 11.7. The second kappa shape index (κ2) is 5.92. The molecule has 0 aliphatic carbocycles. The molecule has 0 unspecified atom stereocenters. The number of aromatic nitrogens is 2. The zero-order chi connectivity index (χ0) is 13.8. The summed E-state index contributed by atoms with van der Waals surface area (Å²) in [6, 6.07) is 12.3. The average molecular weight is 269 g/mol. The standard InChI is InChI=1S/C16H19N3O/c1-2-9-17-11-14-7-8-15(20-14)12-19-16-6-4-3-5-13(16)10-18-19/h3-8,10,17H,2,9,11-12H2,1H3. The summed E-state index contributed by atoms with van der Waals surface area (Å²) in [7, 11) is 0. The largest absolute Gasteiger partial charge is 0.463 e. The number of nitrogens with one attached hydrogen (secondary N) is 1. The van der Waals surface area contributed by atoms with Gasteiger partial charge in [-0.1, -0.05) is 25.1 Å². The van der Waals surface area contributed by atoms with Gasteiger partial charge in [-0.2, -0.15) is 5.10 Å². The molecule has 0 saturated heterocycles. The van der Waals surface area contributed by atoms with Gasteiger partial charge in [-0.3, -0.25) is 4.68 Å². The molecular weight excluding hydrogens is 250 g/mol. The highest BCUT2D eigenvalue weighted by atomic mass is 16.3. The molecule has 3 aromatic rings. The highest BCUT2D eigenvalue weighted by Gasteiger charge is 2.06. The van der Waals surface area contributed by atoms with Crippen molar-refractivity contribution in [2.45, 2.75) is 26.4 Å². The molecule has 0 amide bonds. The quantitative estimate of drug-likeness (QED) is 0.699. The molecule has 4 nitrogen and oxygen atoms in total. The number of hydrogen-bond donors (Lipinski definition) is 1. The lowest BCUT2D eigenvalue weighted by Crippen LogP contribution is -2.13. The number of hydrogen-bond acceptors (Lipinski definition) is 3. The van der Waals surface area contributed by atoms with Gasteiger partial charge in [0.15, 0.2) is 0 Å². The molecular formula is C16H19N3O. The van der Waals surface area contributed by atoms with Gasteiger partial charge in [-0.25, -0.2) is 0 Å². The molecule has 0 saturated carbocycles. The smallest absolute Gasteiger partial charge is 0.125 e. The minimum absolute atomic E-state index is 0.668. The van der Waals surface area contributed by atoms with Crippen LogP contribution >= 0.6 is 0 Å². The Morgan fingerprint density at radius 2 is 2.00 bits per heavy atom. The lowest BCUT2D eigenvalue weighted by atomic mass is 10.2. The van der Waals surface area contributed by atoms with E-state index < -0.39 is 0 Å². The zero-order valence-electron chi connectivity index (χ0n) is 11.7. The molecule has 0 bridgehead atoms. The van der Waals surface area contributed by atoms with Crippen LogP contribution in [-0.2, 0) is 13.1 Å². The number of para-hydroxylation sites is 1. The lowest BCUT2D eigenvalue weighted by molar-refractivity contribution is 0.433. The van der Waals surface area contributed by atoms with Crippen molar-refractivity contribution >= 4 is 10.9 Å². The third kappa shape index (κ3) is 2.75. The molecule has 2 aromatic heterocycles. The fourth-order valence-corrected chi connectivity index (χ4v) is 2.29. The maximum absolute atomic E-state index is 5.83. The van der Waals surface area contributed by atoms with E-state index in [1.807, 2.05) is 35.1 Å². The first kappa shape index (κ1) is 12.9. The SMILES string of the molecule is CCCNCc1ccc(Cn2ncc3ccccc32)o1. The first-order valence-electron chi connectivity index (χ1n) is 7.05. The van der Waals surface area contributed by atoms with Gasteiger partial charge >= 0.3 is 0 Å². The summed E-state index contributed by atoms with van der Waals surface area (Å²) in [6.45, 7) is 4.62. The van der Waals surface area contributed by atoms with Crippen LogP contribution in [0.1, 0.15) is 24.9 Å². The van der Waals surface area contributed by atoms with Gasteiger partial charge in [0.05, 0.1) is 24.8 Å². The van der Waals surface area contributed by atoms with Crippen molar-refractivity contribution in [3.05, 3.63) is 54.1 Å². The third-order valence-electron chi connectivity index (χ3n) is 3.30. The second-order valence-corrected chi connectivity index (χ2v) is 4.91. The van der Waals surface area contributed by atoms with Crippen molar-refractivity contribution in [1.29, 1.82) is 0 Å². The molecule has 1 aromatic carbocycles. The van der Waals surface area contributed by atoms with Crippen molar-refractivity contribution in [3.8, 4) is 0 Å². The Hall–Kier alpha value is -2.07. The average Bonchev–Trinajstić information content (AvgIpc) is 3.08. The summed E-state index contributed by atoms with van der Waals surface area (Å²) in [6.07, 6.45) is 3.02. The Morgan fingerprint density at radius 3 is 2.90 bits per heavy atom. The fourth-order valence-electron chi connectivity index (χ4n) is 2.29. The van der Waals surface area contributed by atoms with Gasteiger partial charge < -0.3 is 9.73 Å². The van der Waals surface area contributed by atoms with E-state index in [4.69, 9.17) is 4.42 Å². The van der Waals surface area contributed by atoms with E-state index in [1.165, 1.54) is 0 Å². The molecule has 0 aliphatic heterocycles. The predicted octanol–water partition coefficient (Wildman–Crippen LogP) is 3.18. The lowest BCUT2D eigenvalue weighted by Gasteiger charge is -2.02. The van der Waals surface area contributed by atoms with Crippen molar-refractivity contribution in [1.82, 2.24) is 15.1 Å². The van der Waals surface area contributed by atoms with Crippen LogP contribution in [-0.4, -0.2) is 16.3 Å². The van der Waals surface area contributed by atoms with E-state index in [2.05, 4.69) is 29.5 Å². The van der Waals surface area contributed by atoms with Crippen LogP contribution in [0.4, 0.5) is 0 Å². The number of nitrogens with zero attached hydrogens (tertiary/aromatic N) is 2. The minimum atomic E-state index is 0.668. The Morgan fingerprint density at radius 1 is 1.15 bits per heavy atom. The molecule has 20 heavy (non-hydrogen) atoms. The van der Waals surface area contributed by atoms with Crippen LogP contribution in [0.3, 0.4) is 0 Å². The van der Waals surface area contributed by atoms with Crippen LogP contribution in [0, 0.1) is 0 Å². The molecule has 0 radical (unpaired) electrons. The Balaban J connectivity index is 1.71. The van der Waals surface area contributed by atoms with Crippen molar-refractivity contribution in [2.75, 3.05) is 6.54 Å². The normalized spacial score (nSPS) is 11.2. The van der Waals surface area contributed by atoms with Gasteiger partial charge in [0, 0.05) is 5.39 Å². The first-order chi connectivity index (χ1) is 9.86. The van der Waals surface area contributed by atoms with Crippen molar-refractivity contribution in [2.24, 2.45) is 0 Å². The molecule has 0 atom stereocenters. The summed E-state index contributed by atoms with van der Waals surface area (Å²) < 4.78 is 7.80. The Bertz CT molecular complexity index is 684. The number of benzene rings is 1. The maximum atomic E-state index is 5.83. The van der Waals surface area contributed by atoms with Gasteiger partial charge in [0.2, 0.25) is 0 Å². The van der Waals surface area contributed by atoms with Crippen LogP contribution < -0.4 is 5.32 Å². The van der Waals surface area contributed by atoms with Crippen LogP contribution in [0.25, 0.3) is 10.9 Å². The van der Waals surface area contributed by atoms with Gasteiger partial charge in [-0.05, 0) is 31.2 Å². The molecule has 1 N–H and O–H groups in total. The molecule has 4 heteroatoms. The summed E-state index contributed by atoms with van der Waals surface area (Å²) in [5.41, 5.74) is 1.13. The van der Waals surface area contributed by atoms with Crippen molar-refractivity contribution in [3.63, 3.8) is 0 Å². The Kier molecular flexibility index (Phi) is 3.83. The van der Waals surface area contributed by atoms with Crippen LogP contribution in [0.15, 0.2) is 47.0 Å². The van der Waals surface area contributed by atoms with E-state index in [0.29, 0.717) is 6.54 Å². The van der Waals surface area contributed by atoms with Crippen LogP contribution in [0.2, 0.25) is 0 Å². The van der Waals surface area contributed by atoms with Crippen LogP contribution in [0.5, 0.6) is 0 Å². The van der Waals surface area contributed by atoms with E-state index >= 15 is 0 Å². The van der Waals surface area contributed by atoms with Gasteiger partial charge in [-0.15, -0.1) is 0 Å². The number of rotatable bonds is 6.